The van der Waals surface area contributed by atoms with Gasteiger partial charge in [0, 0.05) is 22.9 Å². The zero-order chi connectivity index (χ0) is 19.2. The summed E-state index contributed by atoms with van der Waals surface area (Å²) in [6.45, 7) is 2.31. The first-order valence-corrected chi connectivity index (χ1v) is 9.92. The molecule has 0 saturated heterocycles. The summed E-state index contributed by atoms with van der Waals surface area (Å²) in [4.78, 5) is 11.8. The SMILES string of the molecule is COC(=O)c1ccc2c(cnn2C(OC)C2C=C(Br)C=CC2(C)C2CC2)c1. The molecule has 1 aromatic carbocycles. The molecule has 0 amide bonds. The highest BCUT2D eigenvalue weighted by molar-refractivity contribution is 9.11. The highest BCUT2D eigenvalue weighted by Crippen LogP contribution is 2.56. The monoisotopic (exact) mass is 430 g/mol. The molecule has 1 fully saturated rings. The van der Waals surface area contributed by atoms with E-state index in [2.05, 4.69) is 46.2 Å². The topological polar surface area (TPSA) is 53.3 Å². The molecule has 1 heterocycles. The number of benzene rings is 1. The van der Waals surface area contributed by atoms with E-state index >= 15 is 0 Å². The molecule has 2 aliphatic carbocycles. The second kappa shape index (κ2) is 6.91. The Morgan fingerprint density at radius 2 is 2.15 bits per heavy atom. The summed E-state index contributed by atoms with van der Waals surface area (Å²) in [7, 11) is 3.12. The van der Waals surface area contributed by atoms with E-state index in [9.17, 15) is 4.79 Å². The Kier molecular flexibility index (Phi) is 4.72. The minimum atomic E-state index is -0.349. The molecule has 0 N–H and O–H groups in total. The van der Waals surface area contributed by atoms with Gasteiger partial charge >= 0.3 is 5.97 Å². The number of allylic oxidation sites excluding steroid dienone is 3. The molecule has 1 aromatic heterocycles. The van der Waals surface area contributed by atoms with Crippen molar-refractivity contribution in [1.29, 1.82) is 0 Å². The molecule has 3 unspecified atom stereocenters. The Labute approximate surface area is 167 Å². The van der Waals surface area contributed by atoms with E-state index in [1.165, 1.54) is 20.0 Å². The lowest BCUT2D eigenvalue weighted by atomic mass is 9.69. The molecule has 1 saturated carbocycles. The molecule has 0 bridgehead atoms. The van der Waals surface area contributed by atoms with Crippen molar-refractivity contribution in [3.05, 3.63) is 52.7 Å². The summed E-state index contributed by atoms with van der Waals surface area (Å²) in [6.07, 6.45) is 10.7. The molecule has 142 valence electrons. The van der Waals surface area contributed by atoms with E-state index in [0.29, 0.717) is 11.5 Å². The molecule has 5 nitrogen and oxygen atoms in total. The lowest BCUT2D eigenvalue weighted by molar-refractivity contribution is -0.0336. The standard InChI is InChI=1S/C21H23BrN2O3/c1-21(15-5-6-15)9-8-16(22)11-17(21)19(26-2)24-18-7-4-13(20(25)27-3)10-14(18)12-23-24/h4,7-12,15,17,19H,5-6H2,1-3H3. The number of rotatable bonds is 5. The second-order valence-corrected chi connectivity index (χ2v) is 8.45. The second-order valence-electron chi connectivity index (χ2n) is 7.53. The van der Waals surface area contributed by atoms with Gasteiger partial charge in [-0.1, -0.05) is 41.1 Å². The predicted octanol–water partition coefficient (Wildman–Crippen LogP) is 4.85. The van der Waals surface area contributed by atoms with Crippen LogP contribution < -0.4 is 0 Å². The van der Waals surface area contributed by atoms with Gasteiger partial charge in [-0.3, -0.25) is 0 Å². The number of fused-ring (bicyclic) bond motifs is 1. The fourth-order valence-corrected chi connectivity index (χ4v) is 4.60. The summed E-state index contributed by atoms with van der Waals surface area (Å²) < 4.78 is 13.8. The van der Waals surface area contributed by atoms with Crippen molar-refractivity contribution in [2.75, 3.05) is 14.2 Å². The quantitative estimate of drug-likeness (QED) is 0.636. The molecule has 6 heteroatoms. The molecule has 0 aliphatic heterocycles. The molecule has 2 aromatic rings. The van der Waals surface area contributed by atoms with Crippen LogP contribution >= 0.6 is 15.9 Å². The zero-order valence-electron chi connectivity index (χ0n) is 15.7. The Morgan fingerprint density at radius 1 is 1.37 bits per heavy atom. The molecule has 0 radical (unpaired) electrons. The number of hydrogen-bond donors (Lipinski definition) is 0. The average Bonchev–Trinajstić information content (AvgIpc) is 3.46. The number of hydrogen-bond acceptors (Lipinski definition) is 4. The van der Waals surface area contributed by atoms with Crippen molar-refractivity contribution in [1.82, 2.24) is 9.78 Å². The highest BCUT2D eigenvalue weighted by Gasteiger charge is 2.49. The van der Waals surface area contributed by atoms with Gasteiger partial charge in [-0.15, -0.1) is 0 Å². The van der Waals surface area contributed by atoms with Crippen molar-refractivity contribution >= 4 is 32.8 Å². The Balaban J connectivity index is 1.76. The van der Waals surface area contributed by atoms with Crippen LogP contribution in [0.5, 0.6) is 0 Å². The Morgan fingerprint density at radius 3 is 2.81 bits per heavy atom. The molecule has 0 spiro atoms. The number of aromatic nitrogens is 2. The van der Waals surface area contributed by atoms with Gasteiger partial charge in [0.05, 0.1) is 24.4 Å². The number of methoxy groups -OCH3 is 2. The fraction of sp³-hybridized carbons (Fsp3) is 0.429. The van der Waals surface area contributed by atoms with Crippen LogP contribution in [-0.2, 0) is 9.47 Å². The van der Waals surface area contributed by atoms with Crippen LogP contribution in [-0.4, -0.2) is 30.0 Å². The minimum absolute atomic E-state index is 0.0299. The summed E-state index contributed by atoms with van der Waals surface area (Å²) in [6, 6.07) is 5.49. The number of ether oxygens (including phenoxy) is 2. The van der Waals surface area contributed by atoms with Gasteiger partial charge in [0.25, 0.3) is 0 Å². The van der Waals surface area contributed by atoms with Gasteiger partial charge in [-0.25, -0.2) is 9.48 Å². The van der Waals surface area contributed by atoms with E-state index < -0.39 is 0 Å². The summed E-state index contributed by atoms with van der Waals surface area (Å²) in [5, 5.41) is 5.50. The molecular weight excluding hydrogens is 408 g/mol. The van der Waals surface area contributed by atoms with Crippen molar-refractivity contribution in [3.63, 3.8) is 0 Å². The maximum atomic E-state index is 11.8. The molecule has 27 heavy (non-hydrogen) atoms. The van der Waals surface area contributed by atoms with Gasteiger partial charge in [0.2, 0.25) is 0 Å². The lowest BCUT2D eigenvalue weighted by Gasteiger charge is -2.40. The zero-order valence-corrected chi connectivity index (χ0v) is 17.3. The summed E-state index contributed by atoms with van der Waals surface area (Å²) in [5.41, 5.74) is 1.48. The van der Waals surface area contributed by atoms with Crippen LogP contribution in [0.1, 0.15) is 36.4 Å². The lowest BCUT2D eigenvalue weighted by Crippen LogP contribution is -2.36. The van der Waals surface area contributed by atoms with Crippen molar-refractivity contribution in [2.45, 2.75) is 26.0 Å². The molecular formula is C21H23BrN2O3. The Hall–Kier alpha value is -1.92. The van der Waals surface area contributed by atoms with E-state index in [4.69, 9.17) is 9.47 Å². The summed E-state index contributed by atoms with van der Waals surface area (Å²) in [5.74, 6) is 0.470. The van der Waals surface area contributed by atoms with Gasteiger partial charge in [0.15, 0.2) is 6.23 Å². The Bertz CT molecular complexity index is 944. The predicted molar refractivity (Wildman–Crippen MR) is 108 cm³/mol. The number of carbonyl (C=O) groups is 1. The van der Waals surface area contributed by atoms with E-state index in [1.807, 2.05) is 16.8 Å². The van der Waals surface area contributed by atoms with E-state index in [0.717, 1.165) is 15.4 Å². The number of carbonyl (C=O) groups excluding carboxylic acids is 1. The van der Waals surface area contributed by atoms with Gasteiger partial charge < -0.3 is 9.47 Å². The maximum Gasteiger partial charge on any atom is 0.337 e. The molecule has 4 rings (SSSR count). The first-order chi connectivity index (χ1) is 13.0. The average molecular weight is 431 g/mol. The van der Waals surface area contributed by atoms with Crippen molar-refractivity contribution in [2.24, 2.45) is 17.3 Å². The van der Waals surface area contributed by atoms with Crippen LogP contribution in [0.2, 0.25) is 0 Å². The van der Waals surface area contributed by atoms with Gasteiger partial charge in [-0.05, 0) is 42.4 Å². The van der Waals surface area contributed by atoms with Crippen LogP contribution in [0.25, 0.3) is 10.9 Å². The van der Waals surface area contributed by atoms with Gasteiger partial charge in [0.1, 0.15) is 0 Å². The van der Waals surface area contributed by atoms with Crippen molar-refractivity contribution in [3.8, 4) is 0 Å². The first-order valence-electron chi connectivity index (χ1n) is 9.13. The molecule has 2 aliphatic rings. The van der Waals surface area contributed by atoms with Crippen molar-refractivity contribution < 1.29 is 14.3 Å². The van der Waals surface area contributed by atoms with Crippen LogP contribution in [0, 0.1) is 17.3 Å². The highest BCUT2D eigenvalue weighted by atomic mass is 79.9. The number of nitrogens with zero attached hydrogens (tertiary/aromatic N) is 2. The van der Waals surface area contributed by atoms with Crippen LogP contribution in [0.15, 0.2) is 47.1 Å². The number of esters is 1. The summed E-state index contributed by atoms with van der Waals surface area (Å²) >= 11 is 3.63. The van der Waals surface area contributed by atoms with E-state index in [-0.39, 0.29) is 23.5 Å². The first kappa shape index (κ1) is 18.4. The third-order valence-corrected chi connectivity index (χ3v) is 6.45. The largest absolute Gasteiger partial charge is 0.465 e. The third-order valence-electron chi connectivity index (χ3n) is 5.92. The fourth-order valence-electron chi connectivity index (χ4n) is 4.18. The van der Waals surface area contributed by atoms with Gasteiger partial charge in [-0.2, -0.15) is 5.10 Å². The minimum Gasteiger partial charge on any atom is -0.465 e. The van der Waals surface area contributed by atoms with E-state index in [1.54, 1.807) is 19.4 Å². The van der Waals surface area contributed by atoms with Crippen LogP contribution in [0.3, 0.4) is 0 Å². The number of halogens is 1. The maximum absolute atomic E-state index is 11.8. The molecule has 3 atom stereocenters. The normalized spacial score (nSPS) is 26.1. The third kappa shape index (κ3) is 3.15. The van der Waals surface area contributed by atoms with Crippen LogP contribution in [0.4, 0.5) is 0 Å². The smallest absolute Gasteiger partial charge is 0.337 e.